The molecule has 5 heteroatoms. The average molecular weight is 331 g/mol. The molecular weight excluding hydrogens is 314 g/mol. The van der Waals surface area contributed by atoms with Crippen molar-refractivity contribution >= 4 is 27.5 Å². The summed E-state index contributed by atoms with van der Waals surface area (Å²) in [5.41, 5.74) is 5.44. The van der Waals surface area contributed by atoms with Crippen LogP contribution >= 0.6 is 0 Å². The van der Waals surface area contributed by atoms with Gasteiger partial charge in [-0.2, -0.15) is 0 Å². The van der Waals surface area contributed by atoms with Gasteiger partial charge in [-0.1, -0.05) is 42.0 Å². The summed E-state index contributed by atoms with van der Waals surface area (Å²) in [7, 11) is 0. The maximum atomic E-state index is 11.5. The molecule has 5 nitrogen and oxygen atoms in total. The molecule has 4 aromatic rings. The molecule has 1 N–H and O–H groups in total. The third-order valence-electron chi connectivity index (χ3n) is 4.62. The van der Waals surface area contributed by atoms with E-state index in [-0.39, 0.29) is 11.4 Å². The molecule has 0 aliphatic heterocycles. The van der Waals surface area contributed by atoms with Crippen LogP contribution in [0.15, 0.2) is 47.9 Å². The minimum absolute atomic E-state index is 0.106. The second kappa shape index (κ2) is 5.41. The van der Waals surface area contributed by atoms with Crippen LogP contribution in [0.3, 0.4) is 0 Å². The van der Waals surface area contributed by atoms with Gasteiger partial charge in [-0.25, -0.2) is 4.98 Å². The zero-order valence-electron chi connectivity index (χ0n) is 14.2. The minimum Gasteiger partial charge on any atom is -0.505 e. The molecule has 0 aliphatic rings. The Bertz CT molecular complexity index is 1140. The number of rotatable bonds is 2. The molecule has 0 saturated heterocycles. The van der Waals surface area contributed by atoms with Gasteiger partial charge >= 0.3 is 0 Å². The lowest BCUT2D eigenvalue weighted by atomic mass is 10.0. The number of nitrogens with zero attached hydrogens (tertiary/aromatic N) is 3. The first kappa shape index (κ1) is 15.3. The Hall–Kier alpha value is -3.21. The largest absolute Gasteiger partial charge is 0.505 e. The fourth-order valence-corrected chi connectivity index (χ4v) is 3.71. The van der Waals surface area contributed by atoms with Crippen LogP contribution < -0.4 is 0 Å². The predicted octanol–water partition coefficient (Wildman–Crippen LogP) is 5.21. The zero-order valence-corrected chi connectivity index (χ0v) is 14.2. The summed E-state index contributed by atoms with van der Waals surface area (Å²) in [6, 6.07) is 11.4. The Morgan fingerprint density at radius 2 is 1.68 bits per heavy atom. The molecule has 0 bridgehead atoms. The minimum atomic E-state index is 0.106. The van der Waals surface area contributed by atoms with E-state index in [0.29, 0.717) is 21.8 Å². The number of aromatic nitrogens is 2. The van der Waals surface area contributed by atoms with E-state index in [4.69, 9.17) is 0 Å². The van der Waals surface area contributed by atoms with E-state index in [2.05, 4.69) is 29.2 Å². The molecule has 1 heterocycles. The highest BCUT2D eigenvalue weighted by Gasteiger charge is 2.20. The smallest absolute Gasteiger partial charge is 0.149 e. The number of phenolic OH excluding ortho intramolecular Hbond substituents is 1. The lowest BCUT2D eigenvalue weighted by Crippen LogP contribution is -2.00. The first-order chi connectivity index (χ1) is 12.0. The molecule has 0 amide bonds. The van der Waals surface area contributed by atoms with Crippen molar-refractivity contribution in [3.8, 4) is 11.4 Å². The van der Waals surface area contributed by atoms with Gasteiger partial charge in [0.05, 0.1) is 5.69 Å². The maximum Gasteiger partial charge on any atom is 0.149 e. The van der Waals surface area contributed by atoms with Gasteiger partial charge in [-0.05, 0) is 37.1 Å². The van der Waals surface area contributed by atoms with Crippen LogP contribution in [-0.4, -0.2) is 14.7 Å². The van der Waals surface area contributed by atoms with Crippen LogP contribution in [0, 0.1) is 25.7 Å². The predicted molar refractivity (Wildman–Crippen MR) is 99.9 cm³/mol. The second-order valence-electron chi connectivity index (χ2n) is 6.39. The Balaban J connectivity index is 2.19. The van der Waals surface area contributed by atoms with Crippen molar-refractivity contribution in [2.24, 2.45) is 5.18 Å². The van der Waals surface area contributed by atoms with Crippen LogP contribution in [0.4, 0.5) is 5.69 Å². The molecule has 0 radical (unpaired) electrons. The molecule has 0 atom stereocenters. The van der Waals surface area contributed by atoms with Gasteiger partial charge in [-0.15, -0.1) is 4.91 Å². The molecule has 1 aromatic heterocycles. The Kier molecular flexibility index (Phi) is 3.32. The van der Waals surface area contributed by atoms with Gasteiger partial charge in [0, 0.05) is 10.8 Å². The lowest BCUT2D eigenvalue weighted by Gasteiger charge is -2.14. The fraction of sp³-hybridized carbons (Fsp3) is 0.150. The van der Waals surface area contributed by atoms with Crippen LogP contribution in [0.25, 0.3) is 27.5 Å². The summed E-state index contributed by atoms with van der Waals surface area (Å²) in [5.74, 6) is 0.106. The second-order valence-corrected chi connectivity index (χ2v) is 6.39. The molecule has 0 saturated carbocycles. The number of hydrogen-bond acceptors (Lipinski definition) is 4. The van der Waals surface area contributed by atoms with Crippen LogP contribution in [0.1, 0.15) is 16.7 Å². The first-order valence-corrected chi connectivity index (χ1v) is 8.05. The number of imidazole rings is 1. The van der Waals surface area contributed by atoms with Crippen LogP contribution in [0.2, 0.25) is 0 Å². The Morgan fingerprint density at radius 1 is 1.04 bits per heavy atom. The van der Waals surface area contributed by atoms with Crippen molar-refractivity contribution in [3.05, 3.63) is 64.3 Å². The number of fused-ring (bicyclic) bond motifs is 2. The summed E-state index contributed by atoms with van der Waals surface area (Å²) >= 11 is 0. The van der Waals surface area contributed by atoms with E-state index >= 15 is 0 Å². The van der Waals surface area contributed by atoms with Gasteiger partial charge in [0.25, 0.3) is 0 Å². The number of aryl methyl sites for hydroxylation is 3. The highest BCUT2D eigenvalue weighted by atomic mass is 16.3. The molecule has 0 spiro atoms. The van der Waals surface area contributed by atoms with Gasteiger partial charge in [0.15, 0.2) is 0 Å². The fourth-order valence-electron chi connectivity index (χ4n) is 3.71. The molecule has 0 unspecified atom stereocenters. The van der Waals surface area contributed by atoms with Crippen molar-refractivity contribution in [3.63, 3.8) is 0 Å². The SMILES string of the molecule is Cc1cc(C)c(-n2cnc3c(N=O)c4ccccc4c(O)c32)c(C)c1. The number of aromatic hydroxyl groups is 1. The van der Waals surface area contributed by atoms with E-state index in [1.54, 1.807) is 18.5 Å². The third-order valence-corrected chi connectivity index (χ3v) is 4.62. The summed E-state index contributed by atoms with van der Waals surface area (Å²) in [5, 5.41) is 15.3. The van der Waals surface area contributed by atoms with Crippen molar-refractivity contribution < 1.29 is 5.11 Å². The van der Waals surface area contributed by atoms with Crippen LogP contribution in [0.5, 0.6) is 5.75 Å². The number of benzene rings is 3. The standard InChI is InChI=1S/C20H17N3O2/c1-11-8-12(2)18(13(3)9-11)23-10-21-17-16(22-25)14-6-4-5-7-15(14)20(24)19(17)23/h4-10,24H,1-3H3. The van der Waals surface area contributed by atoms with Gasteiger partial charge < -0.3 is 5.11 Å². The van der Waals surface area contributed by atoms with Crippen molar-refractivity contribution in [1.82, 2.24) is 9.55 Å². The zero-order chi connectivity index (χ0) is 17.7. The molecule has 4 rings (SSSR count). The quantitative estimate of drug-likeness (QED) is 0.513. The average Bonchev–Trinajstić information content (AvgIpc) is 2.99. The maximum absolute atomic E-state index is 11.5. The third kappa shape index (κ3) is 2.12. The van der Waals surface area contributed by atoms with Crippen LogP contribution in [-0.2, 0) is 0 Å². The normalized spacial score (nSPS) is 11.3. The molecule has 0 aliphatic carbocycles. The van der Waals surface area contributed by atoms with E-state index in [9.17, 15) is 10.0 Å². The number of nitroso groups, excluding NO2 is 1. The lowest BCUT2D eigenvalue weighted by molar-refractivity contribution is 0.486. The monoisotopic (exact) mass is 331 g/mol. The van der Waals surface area contributed by atoms with E-state index in [0.717, 1.165) is 16.8 Å². The molecule has 0 fully saturated rings. The number of phenols is 1. The summed E-state index contributed by atoms with van der Waals surface area (Å²) < 4.78 is 1.84. The van der Waals surface area contributed by atoms with E-state index < -0.39 is 0 Å². The highest BCUT2D eigenvalue weighted by Crippen LogP contribution is 2.42. The van der Waals surface area contributed by atoms with Crippen molar-refractivity contribution in [2.45, 2.75) is 20.8 Å². The van der Waals surface area contributed by atoms with Crippen molar-refractivity contribution in [2.75, 3.05) is 0 Å². The summed E-state index contributed by atoms with van der Waals surface area (Å²) in [6.45, 7) is 6.10. The van der Waals surface area contributed by atoms with Crippen molar-refractivity contribution in [1.29, 1.82) is 0 Å². The molecule has 25 heavy (non-hydrogen) atoms. The van der Waals surface area contributed by atoms with Gasteiger partial charge in [0.1, 0.15) is 28.8 Å². The molecule has 3 aromatic carbocycles. The Morgan fingerprint density at radius 3 is 2.32 bits per heavy atom. The summed E-state index contributed by atoms with van der Waals surface area (Å²) in [6.07, 6.45) is 1.64. The van der Waals surface area contributed by atoms with E-state index in [1.165, 1.54) is 5.56 Å². The topological polar surface area (TPSA) is 67.5 Å². The van der Waals surface area contributed by atoms with E-state index in [1.807, 2.05) is 30.5 Å². The Labute approximate surface area is 144 Å². The van der Waals surface area contributed by atoms with Gasteiger partial charge in [0.2, 0.25) is 0 Å². The first-order valence-electron chi connectivity index (χ1n) is 8.05. The molecule has 124 valence electrons. The summed E-state index contributed by atoms with van der Waals surface area (Å²) in [4.78, 5) is 15.9. The number of hydrogen-bond donors (Lipinski definition) is 1. The highest BCUT2D eigenvalue weighted by molar-refractivity contribution is 6.12. The molecular formula is C20H17N3O2. The van der Waals surface area contributed by atoms with Gasteiger partial charge in [-0.3, -0.25) is 4.57 Å².